The number of rotatable bonds is 6. The molecule has 0 saturated heterocycles. The Hall–Kier alpha value is -2.30. The molecule has 2 aromatic rings. The van der Waals surface area contributed by atoms with Crippen molar-refractivity contribution in [1.82, 2.24) is 0 Å². The Morgan fingerprint density at radius 3 is 2.42 bits per heavy atom. The molecule has 0 aliphatic heterocycles. The van der Waals surface area contributed by atoms with Crippen LogP contribution in [0.4, 0.5) is 4.39 Å². The van der Waals surface area contributed by atoms with Gasteiger partial charge in [-0.3, -0.25) is 4.79 Å². The molecule has 0 unspecified atom stereocenters. The highest BCUT2D eigenvalue weighted by Gasteiger charge is 2.09. The van der Waals surface area contributed by atoms with Gasteiger partial charge in [-0.25, -0.2) is 4.39 Å². The van der Waals surface area contributed by atoms with Crippen molar-refractivity contribution >= 4 is 6.29 Å². The number of aryl methyl sites for hydroxylation is 1. The zero-order valence-corrected chi connectivity index (χ0v) is 15.9. The zero-order valence-electron chi connectivity index (χ0n) is 15.9. The van der Waals surface area contributed by atoms with Crippen LogP contribution in [0.15, 0.2) is 48.0 Å². The number of hydrogen-bond donors (Lipinski definition) is 1. The minimum absolute atomic E-state index is 0.0181. The van der Waals surface area contributed by atoms with Gasteiger partial charge in [0.15, 0.2) is 0 Å². The molecular weight excluding hydrogens is 331 g/mol. The van der Waals surface area contributed by atoms with Gasteiger partial charge in [-0.1, -0.05) is 36.4 Å². The largest absolute Gasteiger partial charge is 0.392 e. The van der Waals surface area contributed by atoms with Crippen LogP contribution in [0.1, 0.15) is 30.5 Å². The van der Waals surface area contributed by atoms with Crippen LogP contribution in [-0.4, -0.2) is 25.1 Å². The monoisotopic (exact) mass is 358 g/mol. The van der Waals surface area contributed by atoms with E-state index in [-0.39, 0.29) is 12.4 Å². The first-order valence-corrected chi connectivity index (χ1v) is 8.53. The fraction of sp³-hybridized carbons (Fsp3) is 0.318. The van der Waals surface area contributed by atoms with Gasteiger partial charge in [0.2, 0.25) is 0 Å². The average molecular weight is 358 g/mol. The molecule has 140 valence electrons. The van der Waals surface area contributed by atoms with E-state index in [0.29, 0.717) is 18.6 Å². The summed E-state index contributed by atoms with van der Waals surface area (Å²) in [5.41, 5.74) is 4.95. The van der Waals surface area contributed by atoms with Crippen molar-refractivity contribution in [2.45, 2.75) is 33.8 Å². The van der Waals surface area contributed by atoms with Crippen LogP contribution < -0.4 is 0 Å². The Kier molecular flexibility index (Phi) is 9.48. The molecule has 0 fully saturated rings. The molecule has 3 nitrogen and oxygen atoms in total. The lowest BCUT2D eigenvalue weighted by atomic mass is 9.97. The quantitative estimate of drug-likeness (QED) is 0.605. The number of carbonyl (C=O) groups is 1. The van der Waals surface area contributed by atoms with E-state index < -0.39 is 0 Å². The van der Waals surface area contributed by atoms with Crippen LogP contribution in [0, 0.1) is 12.7 Å². The summed E-state index contributed by atoms with van der Waals surface area (Å²) in [6, 6.07) is 10.8. The van der Waals surface area contributed by atoms with Gasteiger partial charge in [0.1, 0.15) is 12.1 Å². The lowest BCUT2D eigenvalue weighted by Crippen LogP contribution is -2.00. The summed E-state index contributed by atoms with van der Waals surface area (Å²) in [6.45, 7) is 6.03. The van der Waals surface area contributed by atoms with E-state index in [0.717, 1.165) is 34.1 Å². The Labute approximate surface area is 155 Å². The molecule has 0 aliphatic rings. The number of aliphatic hydroxyl groups is 1. The summed E-state index contributed by atoms with van der Waals surface area (Å²) in [4.78, 5) is 9.67. The highest BCUT2D eigenvalue weighted by Crippen LogP contribution is 2.26. The van der Waals surface area contributed by atoms with Crippen LogP contribution in [0.3, 0.4) is 0 Å². The molecule has 1 N–H and O–H groups in total. The molecule has 4 heteroatoms. The molecule has 0 saturated carbocycles. The second kappa shape index (κ2) is 11.3. The molecule has 26 heavy (non-hydrogen) atoms. The van der Waals surface area contributed by atoms with Gasteiger partial charge in [0.05, 0.1) is 13.2 Å². The van der Waals surface area contributed by atoms with Gasteiger partial charge in [-0.05, 0) is 61.1 Å². The maximum atomic E-state index is 14.0. The number of allylic oxidation sites excluding steroid dienone is 2. The minimum Gasteiger partial charge on any atom is -0.392 e. The zero-order chi connectivity index (χ0) is 19.5. The van der Waals surface area contributed by atoms with Crippen molar-refractivity contribution < 1.29 is 19.0 Å². The smallest absolute Gasteiger partial charge is 0.145 e. The maximum absolute atomic E-state index is 14.0. The first kappa shape index (κ1) is 21.7. The van der Waals surface area contributed by atoms with Gasteiger partial charge >= 0.3 is 0 Å². The van der Waals surface area contributed by atoms with Gasteiger partial charge in [-0.2, -0.15) is 0 Å². The van der Waals surface area contributed by atoms with Crippen LogP contribution in [0.5, 0.6) is 0 Å². The maximum Gasteiger partial charge on any atom is 0.145 e. The van der Waals surface area contributed by atoms with Gasteiger partial charge < -0.3 is 9.84 Å². The van der Waals surface area contributed by atoms with Crippen LogP contribution in [0.25, 0.3) is 11.1 Å². The van der Waals surface area contributed by atoms with Crippen LogP contribution in [-0.2, 0) is 22.6 Å². The molecule has 0 radical (unpaired) electrons. The first-order valence-electron chi connectivity index (χ1n) is 8.53. The van der Waals surface area contributed by atoms with Gasteiger partial charge in [0.25, 0.3) is 0 Å². The van der Waals surface area contributed by atoms with Crippen molar-refractivity contribution in [3.05, 3.63) is 70.6 Å². The molecular formula is C22H27FO3. The van der Waals surface area contributed by atoms with Crippen LogP contribution in [0.2, 0.25) is 0 Å². The number of halogens is 1. The molecule has 0 aromatic heterocycles. The topological polar surface area (TPSA) is 46.5 Å². The number of methoxy groups -OCH3 is 1. The van der Waals surface area contributed by atoms with E-state index in [1.165, 1.54) is 6.07 Å². The highest BCUT2D eigenvalue weighted by atomic mass is 19.1. The second-order valence-corrected chi connectivity index (χ2v) is 6.02. The molecule has 0 atom stereocenters. The molecule has 0 aliphatic carbocycles. The van der Waals surface area contributed by atoms with Crippen molar-refractivity contribution in [2.75, 3.05) is 13.7 Å². The van der Waals surface area contributed by atoms with E-state index in [1.807, 2.05) is 38.1 Å². The fourth-order valence-corrected chi connectivity index (χ4v) is 2.31. The summed E-state index contributed by atoms with van der Waals surface area (Å²) in [5, 5.41) is 9.36. The Morgan fingerprint density at radius 2 is 1.92 bits per heavy atom. The fourth-order valence-electron chi connectivity index (χ4n) is 2.31. The Balaban J connectivity index is 0.000000487. The summed E-state index contributed by atoms with van der Waals surface area (Å²) in [6.07, 6.45) is 3.31. The van der Waals surface area contributed by atoms with E-state index in [1.54, 1.807) is 26.2 Å². The normalized spacial score (nSPS) is 10.9. The van der Waals surface area contributed by atoms with Crippen LogP contribution >= 0.6 is 0 Å². The molecule has 0 spiro atoms. The summed E-state index contributed by atoms with van der Waals surface area (Å²) < 4.78 is 19.1. The van der Waals surface area contributed by atoms with Gasteiger partial charge in [0, 0.05) is 12.7 Å². The highest BCUT2D eigenvalue weighted by molar-refractivity contribution is 5.71. The molecule has 0 amide bonds. The number of benzene rings is 2. The summed E-state index contributed by atoms with van der Waals surface area (Å²) in [5.74, 6) is -0.223. The molecule has 2 aromatic carbocycles. The van der Waals surface area contributed by atoms with Crippen molar-refractivity contribution in [3.8, 4) is 11.1 Å². The first-order chi connectivity index (χ1) is 12.5. The van der Waals surface area contributed by atoms with E-state index in [9.17, 15) is 14.3 Å². The molecule has 2 rings (SSSR count). The van der Waals surface area contributed by atoms with E-state index >= 15 is 0 Å². The van der Waals surface area contributed by atoms with E-state index in [2.05, 4.69) is 0 Å². The standard InChI is InChI=1S/C17H19FO2.C5H8O/c1-12-3-6-16(17(18)9-12)14-4-5-15(11-19)13(10-14)7-8-20-2;1-3-5(2)4-6/h3-6,9-10,19H,7-8,11H2,1-2H3;3-4H,1-2H3/b;5-3-. The molecule has 0 bridgehead atoms. The number of aldehydes is 1. The van der Waals surface area contributed by atoms with Gasteiger partial charge in [-0.15, -0.1) is 0 Å². The third kappa shape index (κ3) is 6.54. The van der Waals surface area contributed by atoms with E-state index in [4.69, 9.17) is 4.74 Å². The average Bonchev–Trinajstić information content (AvgIpc) is 2.66. The molecule has 0 heterocycles. The number of hydrogen-bond acceptors (Lipinski definition) is 3. The van der Waals surface area contributed by atoms with Crippen molar-refractivity contribution in [2.24, 2.45) is 0 Å². The number of carbonyl (C=O) groups excluding carboxylic acids is 1. The number of aliphatic hydroxyl groups excluding tert-OH is 1. The SMILES string of the molecule is C/C=C(/C)C=O.COCCc1cc(-c2ccc(C)cc2F)ccc1CO. The third-order valence-corrected chi connectivity index (χ3v) is 4.03. The second-order valence-electron chi connectivity index (χ2n) is 6.02. The minimum atomic E-state index is -0.223. The Morgan fingerprint density at radius 1 is 1.19 bits per heavy atom. The predicted octanol–water partition coefficient (Wildman–Crippen LogP) is 4.63. The summed E-state index contributed by atoms with van der Waals surface area (Å²) >= 11 is 0. The van der Waals surface area contributed by atoms with Crippen molar-refractivity contribution in [1.29, 1.82) is 0 Å². The Bertz CT molecular complexity index is 751. The lowest BCUT2D eigenvalue weighted by Gasteiger charge is -2.11. The number of ether oxygens (including phenoxy) is 1. The summed E-state index contributed by atoms with van der Waals surface area (Å²) in [7, 11) is 1.64. The van der Waals surface area contributed by atoms with Crippen molar-refractivity contribution in [3.63, 3.8) is 0 Å². The third-order valence-electron chi connectivity index (χ3n) is 4.03. The predicted molar refractivity (Wildman–Crippen MR) is 104 cm³/mol. The lowest BCUT2D eigenvalue weighted by molar-refractivity contribution is -0.104.